The number of amides is 1. The highest BCUT2D eigenvalue weighted by Crippen LogP contribution is 2.28. The molecule has 1 fully saturated rings. The maximum Gasteiger partial charge on any atom is 0.244 e. The quantitative estimate of drug-likeness (QED) is 0.688. The minimum Gasteiger partial charge on any atom is -0.497 e. The Kier molecular flexibility index (Phi) is 10.3. The third kappa shape index (κ3) is 6.42. The molecule has 0 bridgehead atoms. The van der Waals surface area contributed by atoms with Gasteiger partial charge in [0.25, 0.3) is 0 Å². The minimum absolute atomic E-state index is 0. The van der Waals surface area contributed by atoms with Crippen LogP contribution in [0, 0.1) is 6.92 Å². The summed E-state index contributed by atoms with van der Waals surface area (Å²) in [6, 6.07) is 13.3. The molecular formula is C22H31Cl2N3O3. The predicted octanol–water partition coefficient (Wildman–Crippen LogP) is 3.96. The number of piperidine rings is 1. The van der Waals surface area contributed by atoms with Crippen LogP contribution in [0.15, 0.2) is 42.5 Å². The Bertz CT molecular complexity index is 788. The van der Waals surface area contributed by atoms with Crippen LogP contribution in [0.4, 0.5) is 5.69 Å². The Morgan fingerprint density at radius 1 is 1.03 bits per heavy atom. The minimum atomic E-state index is -0.604. The van der Waals surface area contributed by atoms with Crippen molar-refractivity contribution in [2.24, 2.45) is 5.73 Å². The normalized spacial score (nSPS) is 14.7. The third-order valence-electron chi connectivity index (χ3n) is 5.23. The van der Waals surface area contributed by atoms with E-state index in [1.54, 1.807) is 14.2 Å². The summed E-state index contributed by atoms with van der Waals surface area (Å²) in [5.41, 5.74) is 9.18. The molecule has 2 aromatic carbocycles. The van der Waals surface area contributed by atoms with Gasteiger partial charge in [0.1, 0.15) is 17.5 Å². The average Bonchev–Trinajstić information content (AvgIpc) is 2.73. The molecule has 0 aliphatic carbocycles. The molecule has 1 saturated heterocycles. The van der Waals surface area contributed by atoms with E-state index >= 15 is 0 Å². The number of likely N-dealkylation sites (tertiary alicyclic amines) is 1. The van der Waals surface area contributed by atoms with Crippen molar-refractivity contribution in [3.8, 4) is 11.5 Å². The van der Waals surface area contributed by atoms with Crippen LogP contribution in [0.1, 0.15) is 30.0 Å². The maximum absolute atomic E-state index is 12.8. The number of carbonyl (C=O) groups excluding carboxylic acids is 1. The van der Waals surface area contributed by atoms with Gasteiger partial charge in [-0.25, -0.2) is 0 Å². The highest BCUT2D eigenvalue weighted by atomic mass is 35.5. The van der Waals surface area contributed by atoms with Gasteiger partial charge in [0, 0.05) is 43.0 Å². The molecule has 1 aliphatic rings. The topological polar surface area (TPSA) is 76.8 Å². The van der Waals surface area contributed by atoms with E-state index in [9.17, 15) is 4.79 Å². The maximum atomic E-state index is 12.8. The standard InChI is InChI=1S/C22H29N3O3.2ClH/c1-15-4-6-16(7-5-15)21(23)22(26)25-10-8-17(9-11-25)24-18-12-19(27-2)14-20(13-18)28-3;;/h4-7,12-14,17,21,24H,8-11,23H2,1-3H3;2*1H. The van der Waals surface area contributed by atoms with Crippen LogP contribution in [0.25, 0.3) is 0 Å². The van der Waals surface area contributed by atoms with Gasteiger partial charge in [-0.05, 0) is 25.3 Å². The molecule has 0 radical (unpaired) electrons. The van der Waals surface area contributed by atoms with E-state index < -0.39 is 6.04 Å². The van der Waals surface area contributed by atoms with Crippen molar-refractivity contribution in [1.82, 2.24) is 4.90 Å². The van der Waals surface area contributed by atoms with Gasteiger partial charge in [-0.15, -0.1) is 24.8 Å². The zero-order valence-electron chi connectivity index (χ0n) is 17.6. The second kappa shape index (κ2) is 11.9. The van der Waals surface area contributed by atoms with Crippen molar-refractivity contribution in [1.29, 1.82) is 0 Å². The largest absolute Gasteiger partial charge is 0.497 e. The summed E-state index contributed by atoms with van der Waals surface area (Å²) < 4.78 is 10.6. The summed E-state index contributed by atoms with van der Waals surface area (Å²) in [5, 5.41) is 3.53. The number of halogens is 2. The van der Waals surface area contributed by atoms with Gasteiger partial charge in [-0.1, -0.05) is 29.8 Å². The first kappa shape index (κ1) is 25.9. The molecule has 0 saturated carbocycles. The number of nitrogens with zero attached hydrogens (tertiary/aromatic N) is 1. The molecule has 2 aromatic rings. The van der Waals surface area contributed by atoms with Gasteiger partial charge in [0.05, 0.1) is 14.2 Å². The number of ether oxygens (including phenoxy) is 2. The van der Waals surface area contributed by atoms with E-state index in [4.69, 9.17) is 15.2 Å². The molecule has 1 heterocycles. The van der Waals surface area contributed by atoms with Gasteiger partial charge in [0.15, 0.2) is 0 Å². The third-order valence-corrected chi connectivity index (χ3v) is 5.23. The molecule has 1 atom stereocenters. The second-order valence-corrected chi connectivity index (χ2v) is 7.23. The molecule has 3 N–H and O–H groups in total. The molecular weight excluding hydrogens is 425 g/mol. The summed E-state index contributed by atoms with van der Waals surface area (Å²) in [7, 11) is 3.28. The van der Waals surface area contributed by atoms with Crippen molar-refractivity contribution in [2.75, 3.05) is 32.6 Å². The lowest BCUT2D eigenvalue weighted by atomic mass is 10.0. The Morgan fingerprint density at radius 3 is 2.07 bits per heavy atom. The van der Waals surface area contributed by atoms with Crippen LogP contribution < -0.4 is 20.5 Å². The first-order valence-electron chi connectivity index (χ1n) is 9.60. The summed E-state index contributed by atoms with van der Waals surface area (Å²) >= 11 is 0. The van der Waals surface area contributed by atoms with Crippen molar-refractivity contribution < 1.29 is 14.3 Å². The number of nitrogens with one attached hydrogen (secondary N) is 1. The van der Waals surface area contributed by atoms with Gasteiger partial charge in [-0.2, -0.15) is 0 Å². The molecule has 166 valence electrons. The number of aryl methyl sites for hydroxylation is 1. The number of hydrogen-bond acceptors (Lipinski definition) is 5. The number of carbonyl (C=O) groups is 1. The Morgan fingerprint density at radius 2 is 1.57 bits per heavy atom. The molecule has 6 nitrogen and oxygen atoms in total. The number of hydrogen-bond donors (Lipinski definition) is 2. The number of nitrogens with two attached hydrogens (primary N) is 1. The summed E-state index contributed by atoms with van der Waals surface area (Å²) in [5.74, 6) is 1.49. The van der Waals surface area contributed by atoms with Crippen LogP contribution in [-0.4, -0.2) is 44.2 Å². The fourth-order valence-electron chi connectivity index (χ4n) is 3.48. The van der Waals surface area contributed by atoms with E-state index in [1.165, 1.54) is 0 Å². The lowest BCUT2D eigenvalue weighted by molar-refractivity contribution is -0.133. The monoisotopic (exact) mass is 455 g/mol. The lowest BCUT2D eigenvalue weighted by Gasteiger charge is -2.34. The Balaban J connectivity index is 0.00000225. The summed E-state index contributed by atoms with van der Waals surface area (Å²) in [6.07, 6.45) is 1.73. The van der Waals surface area contributed by atoms with Crippen LogP contribution in [-0.2, 0) is 4.79 Å². The van der Waals surface area contributed by atoms with Crippen LogP contribution in [0.2, 0.25) is 0 Å². The number of benzene rings is 2. The fourth-order valence-corrected chi connectivity index (χ4v) is 3.48. The van der Waals surface area contributed by atoms with Crippen LogP contribution in [0.5, 0.6) is 11.5 Å². The van der Waals surface area contributed by atoms with Crippen molar-refractivity contribution in [2.45, 2.75) is 31.8 Å². The van der Waals surface area contributed by atoms with Gasteiger partial charge < -0.3 is 25.4 Å². The van der Waals surface area contributed by atoms with Gasteiger partial charge >= 0.3 is 0 Å². The Hall–Kier alpha value is -2.15. The molecule has 1 aliphatic heterocycles. The predicted molar refractivity (Wildman–Crippen MR) is 125 cm³/mol. The first-order valence-corrected chi connectivity index (χ1v) is 9.60. The zero-order valence-corrected chi connectivity index (χ0v) is 19.2. The fraction of sp³-hybridized carbons (Fsp3) is 0.409. The highest BCUT2D eigenvalue weighted by Gasteiger charge is 2.27. The zero-order chi connectivity index (χ0) is 20.1. The smallest absolute Gasteiger partial charge is 0.244 e. The van der Waals surface area contributed by atoms with E-state index in [0.717, 1.165) is 41.2 Å². The molecule has 8 heteroatoms. The number of rotatable bonds is 6. The number of anilines is 1. The molecule has 0 aromatic heterocycles. The van der Waals surface area contributed by atoms with Gasteiger partial charge in [0.2, 0.25) is 5.91 Å². The van der Waals surface area contributed by atoms with Crippen molar-refractivity contribution >= 4 is 36.4 Å². The average molecular weight is 456 g/mol. The summed E-state index contributed by atoms with van der Waals surface area (Å²) in [4.78, 5) is 14.6. The second-order valence-electron chi connectivity index (χ2n) is 7.23. The van der Waals surface area contributed by atoms with E-state index in [2.05, 4.69) is 5.32 Å². The summed E-state index contributed by atoms with van der Waals surface area (Å²) in [6.45, 7) is 3.40. The van der Waals surface area contributed by atoms with Gasteiger partial charge in [-0.3, -0.25) is 4.79 Å². The van der Waals surface area contributed by atoms with Crippen LogP contribution in [0.3, 0.4) is 0 Å². The van der Waals surface area contributed by atoms with Crippen molar-refractivity contribution in [3.05, 3.63) is 53.6 Å². The Labute approximate surface area is 190 Å². The highest BCUT2D eigenvalue weighted by molar-refractivity contribution is 5.85. The van der Waals surface area contributed by atoms with E-state index in [-0.39, 0.29) is 36.8 Å². The number of methoxy groups -OCH3 is 2. The van der Waals surface area contributed by atoms with Crippen molar-refractivity contribution in [3.63, 3.8) is 0 Å². The molecule has 3 rings (SSSR count). The SMILES string of the molecule is COc1cc(NC2CCN(C(=O)C(N)c3ccc(C)cc3)CC2)cc(OC)c1.Cl.Cl. The lowest BCUT2D eigenvalue weighted by Crippen LogP contribution is -2.45. The van der Waals surface area contributed by atoms with Crippen LogP contribution >= 0.6 is 24.8 Å². The van der Waals surface area contributed by atoms with E-state index in [0.29, 0.717) is 13.1 Å². The van der Waals surface area contributed by atoms with E-state index in [1.807, 2.05) is 54.3 Å². The molecule has 0 spiro atoms. The molecule has 1 unspecified atom stereocenters. The first-order chi connectivity index (χ1) is 13.5. The molecule has 1 amide bonds. The molecule has 30 heavy (non-hydrogen) atoms.